The van der Waals surface area contributed by atoms with E-state index < -0.39 is 0 Å². The maximum absolute atomic E-state index is 11.7. The van der Waals surface area contributed by atoms with E-state index in [0.717, 1.165) is 12.8 Å². The summed E-state index contributed by atoms with van der Waals surface area (Å²) in [6, 6.07) is 0.983. The van der Waals surface area contributed by atoms with Crippen molar-refractivity contribution in [3.63, 3.8) is 0 Å². The van der Waals surface area contributed by atoms with Crippen LogP contribution in [0, 0.1) is 0 Å². The first-order valence-corrected chi connectivity index (χ1v) is 5.93. The highest BCUT2D eigenvalue weighted by atomic mass is 16.2. The van der Waals surface area contributed by atoms with Gasteiger partial charge in [-0.15, -0.1) is 0 Å². The quantitative estimate of drug-likeness (QED) is 0.416. The molecule has 0 aromatic heterocycles. The number of hydrogen-bond donors (Lipinski definition) is 2. The van der Waals surface area contributed by atoms with E-state index in [4.69, 9.17) is 5.84 Å². The molecule has 0 bridgehead atoms. The van der Waals surface area contributed by atoms with E-state index in [2.05, 4.69) is 24.2 Å². The van der Waals surface area contributed by atoms with Crippen molar-refractivity contribution in [3.8, 4) is 0 Å². The van der Waals surface area contributed by atoms with Crippen LogP contribution in [0.15, 0.2) is 0 Å². The Morgan fingerprint density at radius 2 is 2.20 bits per heavy atom. The van der Waals surface area contributed by atoms with Crippen molar-refractivity contribution in [3.05, 3.63) is 0 Å². The van der Waals surface area contributed by atoms with Crippen molar-refractivity contribution >= 4 is 5.91 Å². The Bertz CT molecular complexity index is 220. The van der Waals surface area contributed by atoms with Crippen molar-refractivity contribution in [2.24, 2.45) is 5.84 Å². The van der Waals surface area contributed by atoms with Crippen LogP contribution in [0.5, 0.6) is 0 Å². The molecule has 4 heteroatoms. The molecule has 15 heavy (non-hydrogen) atoms. The lowest BCUT2D eigenvalue weighted by atomic mass is 10.1. The predicted molar refractivity (Wildman–Crippen MR) is 61.0 cm³/mol. The molecule has 0 radical (unpaired) electrons. The van der Waals surface area contributed by atoms with Gasteiger partial charge in [-0.3, -0.25) is 15.1 Å². The molecule has 1 saturated heterocycles. The van der Waals surface area contributed by atoms with Crippen LogP contribution in [0.1, 0.15) is 46.5 Å². The second-order valence-electron chi connectivity index (χ2n) is 4.37. The average molecular weight is 213 g/mol. The van der Waals surface area contributed by atoms with Crippen molar-refractivity contribution in [1.29, 1.82) is 0 Å². The van der Waals surface area contributed by atoms with Gasteiger partial charge in [-0.1, -0.05) is 13.8 Å². The van der Waals surface area contributed by atoms with E-state index in [1.165, 1.54) is 12.8 Å². The summed E-state index contributed by atoms with van der Waals surface area (Å²) in [6.07, 6.45) is 4.32. The van der Waals surface area contributed by atoms with E-state index in [1.54, 1.807) is 0 Å². The van der Waals surface area contributed by atoms with Crippen LogP contribution in [0.2, 0.25) is 0 Å². The van der Waals surface area contributed by atoms with Crippen LogP contribution in [0.25, 0.3) is 0 Å². The molecule has 1 amide bonds. The minimum atomic E-state index is -0.0579. The van der Waals surface area contributed by atoms with Crippen molar-refractivity contribution in [1.82, 2.24) is 10.3 Å². The summed E-state index contributed by atoms with van der Waals surface area (Å²) in [4.78, 5) is 14.0. The fraction of sp³-hybridized carbons (Fsp3) is 0.909. The molecule has 1 aliphatic heterocycles. The molecule has 1 rings (SSSR count). The van der Waals surface area contributed by atoms with Crippen molar-refractivity contribution < 1.29 is 4.79 Å². The van der Waals surface area contributed by atoms with Gasteiger partial charge in [0.05, 0.1) is 6.04 Å². The summed E-state index contributed by atoms with van der Waals surface area (Å²) in [5.74, 6) is 5.17. The molecule has 0 spiro atoms. The second-order valence-corrected chi connectivity index (χ2v) is 4.37. The Morgan fingerprint density at radius 3 is 2.67 bits per heavy atom. The maximum atomic E-state index is 11.7. The molecule has 1 aliphatic rings. The topological polar surface area (TPSA) is 58.4 Å². The largest absolute Gasteiger partial charge is 0.293 e. The lowest BCUT2D eigenvalue weighted by Gasteiger charge is -2.34. The van der Waals surface area contributed by atoms with Crippen molar-refractivity contribution in [2.45, 2.75) is 64.6 Å². The van der Waals surface area contributed by atoms with Crippen LogP contribution >= 0.6 is 0 Å². The van der Waals surface area contributed by atoms with Gasteiger partial charge in [0.2, 0.25) is 0 Å². The van der Waals surface area contributed by atoms with Gasteiger partial charge in [0.15, 0.2) is 0 Å². The van der Waals surface area contributed by atoms with E-state index in [0.29, 0.717) is 12.1 Å². The second kappa shape index (κ2) is 5.47. The summed E-state index contributed by atoms with van der Waals surface area (Å²) in [5, 5.41) is 0. The Labute approximate surface area is 92.2 Å². The molecule has 0 aromatic rings. The highest BCUT2D eigenvalue weighted by molar-refractivity contribution is 5.81. The molecule has 0 saturated carbocycles. The first-order valence-electron chi connectivity index (χ1n) is 5.93. The number of nitrogens with one attached hydrogen (secondary N) is 1. The molecule has 1 fully saturated rings. The van der Waals surface area contributed by atoms with Crippen LogP contribution in [-0.2, 0) is 4.79 Å². The Morgan fingerprint density at radius 1 is 1.53 bits per heavy atom. The average Bonchev–Trinajstić information content (AvgIpc) is 2.61. The molecule has 3 atom stereocenters. The first kappa shape index (κ1) is 12.5. The lowest BCUT2D eigenvalue weighted by molar-refractivity contribution is -0.127. The van der Waals surface area contributed by atoms with Gasteiger partial charge in [-0.05, 0) is 32.6 Å². The SMILES string of the molecule is CCC1CCC(C)N1C(CC)C(=O)NN. The molecule has 3 unspecified atom stereocenters. The predicted octanol–water partition coefficient (Wildman–Crippen LogP) is 1.02. The number of carbonyl (C=O) groups is 1. The third-order valence-electron chi connectivity index (χ3n) is 3.51. The fourth-order valence-corrected chi connectivity index (χ4v) is 2.70. The molecule has 3 N–H and O–H groups in total. The zero-order chi connectivity index (χ0) is 11.4. The molecule has 0 aromatic carbocycles. The summed E-state index contributed by atoms with van der Waals surface area (Å²) in [7, 11) is 0. The van der Waals surface area contributed by atoms with Crippen molar-refractivity contribution in [2.75, 3.05) is 0 Å². The number of nitrogens with two attached hydrogens (primary N) is 1. The number of likely N-dealkylation sites (tertiary alicyclic amines) is 1. The zero-order valence-corrected chi connectivity index (χ0v) is 9.99. The summed E-state index contributed by atoms with van der Waals surface area (Å²) >= 11 is 0. The van der Waals surface area contributed by atoms with Gasteiger partial charge in [0.25, 0.3) is 5.91 Å². The Balaban J connectivity index is 2.76. The highest BCUT2D eigenvalue weighted by Crippen LogP contribution is 2.29. The van der Waals surface area contributed by atoms with Gasteiger partial charge in [-0.25, -0.2) is 5.84 Å². The number of rotatable bonds is 4. The van der Waals surface area contributed by atoms with E-state index in [-0.39, 0.29) is 11.9 Å². The van der Waals surface area contributed by atoms with Gasteiger partial charge in [0, 0.05) is 12.1 Å². The zero-order valence-electron chi connectivity index (χ0n) is 9.99. The summed E-state index contributed by atoms with van der Waals surface area (Å²) in [5.41, 5.74) is 2.28. The molecule has 88 valence electrons. The summed E-state index contributed by atoms with van der Waals surface area (Å²) in [6.45, 7) is 6.42. The monoisotopic (exact) mass is 213 g/mol. The highest BCUT2D eigenvalue weighted by Gasteiger charge is 2.36. The fourth-order valence-electron chi connectivity index (χ4n) is 2.70. The molecular weight excluding hydrogens is 190 g/mol. The van der Waals surface area contributed by atoms with Crippen LogP contribution in [0.4, 0.5) is 0 Å². The smallest absolute Gasteiger partial charge is 0.251 e. The Kier molecular flexibility index (Phi) is 4.54. The van der Waals surface area contributed by atoms with Gasteiger partial charge < -0.3 is 0 Å². The maximum Gasteiger partial charge on any atom is 0.251 e. The van der Waals surface area contributed by atoms with E-state index in [9.17, 15) is 4.79 Å². The third kappa shape index (κ3) is 2.49. The van der Waals surface area contributed by atoms with E-state index >= 15 is 0 Å². The van der Waals surface area contributed by atoms with Crippen LogP contribution in [0.3, 0.4) is 0 Å². The molecule has 0 aliphatic carbocycles. The first-order chi connectivity index (χ1) is 7.15. The van der Waals surface area contributed by atoms with Crippen LogP contribution < -0.4 is 11.3 Å². The molecule has 4 nitrogen and oxygen atoms in total. The van der Waals surface area contributed by atoms with Gasteiger partial charge in [0.1, 0.15) is 0 Å². The third-order valence-corrected chi connectivity index (χ3v) is 3.51. The van der Waals surface area contributed by atoms with Gasteiger partial charge >= 0.3 is 0 Å². The Hall–Kier alpha value is -0.610. The minimum absolute atomic E-state index is 0.0512. The van der Waals surface area contributed by atoms with E-state index in [1.807, 2.05) is 6.92 Å². The summed E-state index contributed by atoms with van der Waals surface area (Å²) < 4.78 is 0. The number of carbonyl (C=O) groups excluding carboxylic acids is 1. The standard InChI is InChI=1S/C11H23N3O/c1-4-9-7-6-8(3)14(9)10(5-2)11(15)13-12/h8-10H,4-7,12H2,1-3H3,(H,13,15). The number of hydrazine groups is 1. The molecular formula is C11H23N3O. The normalized spacial score (nSPS) is 29.1. The van der Waals surface area contributed by atoms with Crippen LogP contribution in [-0.4, -0.2) is 28.9 Å². The number of nitrogens with zero attached hydrogens (tertiary/aromatic N) is 1. The number of amides is 1. The lowest BCUT2D eigenvalue weighted by Crippen LogP contribution is -2.52. The minimum Gasteiger partial charge on any atom is -0.293 e. The number of hydrogen-bond acceptors (Lipinski definition) is 3. The molecule has 1 heterocycles. The van der Waals surface area contributed by atoms with Gasteiger partial charge in [-0.2, -0.15) is 0 Å².